The number of hydrogen-bond donors (Lipinski definition) is 2. The molecule has 0 aliphatic carbocycles. The summed E-state index contributed by atoms with van der Waals surface area (Å²) in [5.74, 6) is -0.213. The lowest BCUT2D eigenvalue weighted by atomic mass is 9.97. The molecule has 7 nitrogen and oxygen atoms in total. The van der Waals surface area contributed by atoms with E-state index < -0.39 is 0 Å². The highest BCUT2D eigenvalue weighted by Gasteiger charge is 2.20. The molecule has 0 aliphatic heterocycles. The van der Waals surface area contributed by atoms with Crippen LogP contribution in [0.25, 0.3) is 22.0 Å². The Hall–Kier alpha value is -3.71. The summed E-state index contributed by atoms with van der Waals surface area (Å²) < 4.78 is 1.98. The largest absolute Gasteiger partial charge is 0.348 e. The number of pyridine rings is 1. The van der Waals surface area contributed by atoms with E-state index in [2.05, 4.69) is 80.4 Å². The number of nitrogens with zero attached hydrogens (tertiary/aromatic N) is 3. The third-order valence-corrected chi connectivity index (χ3v) is 6.81. The molecule has 2 N–H and O–H groups in total. The molecule has 4 rings (SSSR count). The van der Waals surface area contributed by atoms with Gasteiger partial charge in [-0.2, -0.15) is 5.10 Å². The first kappa shape index (κ1) is 27.3. The molecule has 0 saturated heterocycles. The molecular weight excluding hydrogens is 474 g/mol. The fraction of sp³-hybridized carbons (Fsp3) is 0.387. The van der Waals surface area contributed by atoms with Crippen LogP contribution >= 0.6 is 0 Å². The summed E-state index contributed by atoms with van der Waals surface area (Å²) in [4.78, 5) is 31.5. The van der Waals surface area contributed by atoms with Crippen molar-refractivity contribution in [1.82, 2.24) is 25.0 Å². The molecule has 2 aromatic carbocycles. The first-order chi connectivity index (χ1) is 18.1. The number of rotatable bonds is 9. The SMILES string of the molecule is CCCc1cc(C)[nH]c(=O)c1CNC(=O)c1cc(-c2ccc(CN(C)C)cc2)cc2c1c(C)nn2C(C)C. The maximum absolute atomic E-state index is 13.7. The van der Waals surface area contributed by atoms with Gasteiger partial charge < -0.3 is 15.2 Å². The Kier molecular flexibility index (Phi) is 8.17. The average molecular weight is 514 g/mol. The zero-order valence-corrected chi connectivity index (χ0v) is 23.6. The number of hydrogen-bond acceptors (Lipinski definition) is 4. The second kappa shape index (κ2) is 11.4. The molecule has 0 aliphatic rings. The lowest BCUT2D eigenvalue weighted by Crippen LogP contribution is -2.28. The molecule has 2 heterocycles. The minimum atomic E-state index is -0.213. The molecule has 7 heteroatoms. The van der Waals surface area contributed by atoms with E-state index in [4.69, 9.17) is 5.10 Å². The summed E-state index contributed by atoms with van der Waals surface area (Å²) in [5, 5.41) is 8.65. The van der Waals surface area contributed by atoms with Gasteiger partial charge >= 0.3 is 0 Å². The van der Waals surface area contributed by atoms with E-state index in [1.54, 1.807) is 0 Å². The molecule has 0 atom stereocenters. The highest BCUT2D eigenvalue weighted by atomic mass is 16.1. The fourth-order valence-corrected chi connectivity index (χ4v) is 5.10. The number of carbonyl (C=O) groups is 1. The normalized spacial score (nSPS) is 11.6. The number of amides is 1. The molecule has 0 radical (unpaired) electrons. The van der Waals surface area contributed by atoms with Crippen LogP contribution in [0, 0.1) is 13.8 Å². The van der Waals surface area contributed by atoms with Gasteiger partial charge in [-0.05, 0) is 88.7 Å². The number of H-pyrrole nitrogens is 1. The Labute approximate surface area is 224 Å². The summed E-state index contributed by atoms with van der Waals surface area (Å²) in [6.07, 6.45) is 1.72. The Bertz CT molecular complexity index is 1510. The minimum Gasteiger partial charge on any atom is -0.348 e. The molecule has 200 valence electrons. The number of aromatic nitrogens is 3. The van der Waals surface area contributed by atoms with E-state index in [0.717, 1.165) is 58.4 Å². The van der Waals surface area contributed by atoms with E-state index in [1.165, 1.54) is 5.56 Å². The van der Waals surface area contributed by atoms with E-state index in [-0.39, 0.29) is 24.1 Å². The smallest absolute Gasteiger partial charge is 0.253 e. The first-order valence-corrected chi connectivity index (χ1v) is 13.4. The molecule has 0 spiro atoms. The Balaban J connectivity index is 1.76. The predicted octanol–water partition coefficient (Wildman–Crippen LogP) is 5.53. The molecular formula is C31H39N5O2. The van der Waals surface area contributed by atoms with Crippen LogP contribution in [0.2, 0.25) is 0 Å². The topological polar surface area (TPSA) is 83.0 Å². The van der Waals surface area contributed by atoms with Gasteiger partial charge in [0, 0.05) is 35.8 Å². The van der Waals surface area contributed by atoms with Gasteiger partial charge in [-0.1, -0.05) is 37.6 Å². The van der Waals surface area contributed by atoms with Crippen molar-refractivity contribution in [3.05, 3.63) is 86.5 Å². The molecule has 1 amide bonds. The highest BCUT2D eigenvalue weighted by molar-refractivity contribution is 6.09. The van der Waals surface area contributed by atoms with E-state index >= 15 is 0 Å². The monoisotopic (exact) mass is 513 g/mol. The van der Waals surface area contributed by atoms with Gasteiger partial charge in [0.15, 0.2) is 0 Å². The summed E-state index contributed by atoms with van der Waals surface area (Å²) in [6, 6.07) is 14.7. The number of carbonyl (C=O) groups excluding carboxylic acids is 1. The van der Waals surface area contributed by atoms with Gasteiger partial charge in [0.25, 0.3) is 11.5 Å². The van der Waals surface area contributed by atoms with Gasteiger partial charge in [-0.15, -0.1) is 0 Å². The first-order valence-electron chi connectivity index (χ1n) is 13.4. The number of benzene rings is 2. The standard InChI is InChI=1S/C31H39N5O2/c1-8-9-24-14-20(4)33-31(38)27(24)17-32-30(37)26-15-25(23-12-10-22(11-13-23)18-35(6)7)16-28-29(26)21(5)34-36(28)19(2)3/h10-16,19H,8-9,17-18H2,1-7H3,(H,32,37)(H,33,38). The minimum absolute atomic E-state index is 0.141. The number of fused-ring (bicyclic) bond motifs is 1. The van der Waals surface area contributed by atoms with Gasteiger partial charge in [0.2, 0.25) is 0 Å². The van der Waals surface area contributed by atoms with Crippen LogP contribution in [0.3, 0.4) is 0 Å². The van der Waals surface area contributed by atoms with Crippen molar-refractivity contribution in [1.29, 1.82) is 0 Å². The molecule has 4 aromatic rings. The third kappa shape index (κ3) is 5.73. The molecule has 0 bridgehead atoms. The maximum Gasteiger partial charge on any atom is 0.253 e. The van der Waals surface area contributed by atoms with E-state index in [0.29, 0.717) is 11.1 Å². The molecule has 2 aromatic heterocycles. The van der Waals surface area contributed by atoms with E-state index in [1.807, 2.05) is 30.7 Å². The number of aromatic amines is 1. The van der Waals surface area contributed by atoms with Crippen LogP contribution in [-0.4, -0.2) is 39.7 Å². The zero-order chi connectivity index (χ0) is 27.6. The van der Waals surface area contributed by atoms with Crippen LogP contribution in [0.15, 0.2) is 47.3 Å². The van der Waals surface area contributed by atoms with Gasteiger partial charge in [0.1, 0.15) is 0 Å². The molecule has 0 saturated carbocycles. The summed E-state index contributed by atoms with van der Waals surface area (Å²) in [5.41, 5.74) is 7.82. The van der Waals surface area contributed by atoms with Crippen molar-refractivity contribution in [3.8, 4) is 11.1 Å². The number of aryl methyl sites for hydroxylation is 3. The Morgan fingerprint density at radius 3 is 2.42 bits per heavy atom. The molecule has 0 fully saturated rings. The lowest BCUT2D eigenvalue weighted by Gasteiger charge is -2.14. The van der Waals surface area contributed by atoms with Crippen LogP contribution in [0.1, 0.15) is 71.7 Å². The molecule has 0 unspecified atom stereocenters. The van der Waals surface area contributed by atoms with Gasteiger partial charge in [0.05, 0.1) is 16.8 Å². The lowest BCUT2D eigenvalue weighted by molar-refractivity contribution is 0.0952. The summed E-state index contributed by atoms with van der Waals surface area (Å²) in [6.45, 7) is 11.1. The van der Waals surface area contributed by atoms with Crippen molar-refractivity contribution >= 4 is 16.8 Å². The van der Waals surface area contributed by atoms with Crippen LogP contribution < -0.4 is 10.9 Å². The zero-order valence-electron chi connectivity index (χ0n) is 23.6. The summed E-state index contributed by atoms with van der Waals surface area (Å²) in [7, 11) is 4.11. The van der Waals surface area contributed by atoms with Gasteiger partial charge in [-0.25, -0.2) is 0 Å². The van der Waals surface area contributed by atoms with Crippen molar-refractivity contribution in [3.63, 3.8) is 0 Å². The quantitative estimate of drug-likeness (QED) is 0.308. The van der Waals surface area contributed by atoms with Crippen molar-refractivity contribution in [2.45, 2.75) is 66.6 Å². The number of nitrogens with one attached hydrogen (secondary N) is 2. The fourth-order valence-electron chi connectivity index (χ4n) is 5.10. The second-order valence-electron chi connectivity index (χ2n) is 10.7. The third-order valence-electron chi connectivity index (χ3n) is 6.81. The van der Waals surface area contributed by atoms with Crippen LogP contribution in [0.4, 0.5) is 0 Å². The predicted molar refractivity (Wildman–Crippen MR) is 155 cm³/mol. The van der Waals surface area contributed by atoms with Crippen LogP contribution in [0.5, 0.6) is 0 Å². The highest BCUT2D eigenvalue weighted by Crippen LogP contribution is 2.32. The summed E-state index contributed by atoms with van der Waals surface area (Å²) >= 11 is 0. The second-order valence-corrected chi connectivity index (χ2v) is 10.7. The van der Waals surface area contributed by atoms with Crippen LogP contribution in [-0.2, 0) is 19.5 Å². The maximum atomic E-state index is 13.7. The van der Waals surface area contributed by atoms with Crippen molar-refractivity contribution in [2.24, 2.45) is 0 Å². The molecule has 38 heavy (non-hydrogen) atoms. The van der Waals surface area contributed by atoms with Gasteiger partial charge in [-0.3, -0.25) is 14.3 Å². The Morgan fingerprint density at radius 2 is 1.79 bits per heavy atom. The Morgan fingerprint density at radius 1 is 1.08 bits per heavy atom. The average Bonchev–Trinajstić information content (AvgIpc) is 3.19. The van der Waals surface area contributed by atoms with E-state index in [9.17, 15) is 9.59 Å². The van der Waals surface area contributed by atoms with Crippen molar-refractivity contribution < 1.29 is 4.79 Å². The van der Waals surface area contributed by atoms with Crippen molar-refractivity contribution in [2.75, 3.05) is 14.1 Å².